The molecule has 0 bridgehead atoms. The second kappa shape index (κ2) is 9.19. The first kappa shape index (κ1) is 21.4. The molecule has 0 atom stereocenters. The van der Waals surface area contributed by atoms with E-state index in [9.17, 15) is 9.59 Å². The molecular weight excluding hydrogens is 440 g/mol. The molecule has 0 N–H and O–H groups in total. The molecule has 1 aliphatic rings. The molecule has 1 aliphatic heterocycles. The maximum absolute atomic E-state index is 13.2. The van der Waals surface area contributed by atoms with Crippen LogP contribution in [0.5, 0.6) is 0 Å². The average molecular weight is 463 g/mol. The van der Waals surface area contributed by atoms with Crippen molar-refractivity contribution in [2.75, 3.05) is 13.1 Å². The van der Waals surface area contributed by atoms with Crippen molar-refractivity contribution in [1.82, 2.24) is 19.6 Å². The average Bonchev–Trinajstić information content (AvgIpc) is 3.27. The molecule has 33 heavy (non-hydrogen) atoms. The van der Waals surface area contributed by atoms with E-state index < -0.39 is 0 Å². The minimum Gasteiger partial charge on any atom is -0.341 e. The Morgan fingerprint density at radius 2 is 1.79 bits per heavy atom. The van der Waals surface area contributed by atoms with Gasteiger partial charge in [-0.25, -0.2) is 4.98 Å². The number of aromatic nitrogens is 3. The number of amides is 1. The molecule has 7 nitrogen and oxygen atoms in total. The van der Waals surface area contributed by atoms with Crippen molar-refractivity contribution in [3.05, 3.63) is 81.9 Å². The van der Waals surface area contributed by atoms with Crippen molar-refractivity contribution in [2.24, 2.45) is 5.92 Å². The van der Waals surface area contributed by atoms with Crippen LogP contribution in [-0.2, 0) is 17.8 Å². The number of carbonyl (C=O) groups excluding carboxylic acids is 1. The molecule has 1 amide bonds. The van der Waals surface area contributed by atoms with Gasteiger partial charge in [0.25, 0.3) is 11.3 Å². The number of hydrogen-bond donors (Lipinski definition) is 0. The smallest absolute Gasteiger partial charge is 0.267 e. The van der Waals surface area contributed by atoms with Crippen molar-refractivity contribution >= 4 is 28.6 Å². The molecule has 4 aromatic rings. The van der Waals surface area contributed by atoms with E-state index in [1.165, 1.54) is 16.5 Å². The summed E-state index contributed by atoms with van der Waals surface area (Å²) < 4.78 is 6.58. The second-order valence-corrected chi connectivity index (χ2v) is 8.85. The van der Waals surface area contributed by atoms with Gasteiger partial charge in [-0.15, -0.1) is 0 Å². The lowest BCUT2D eigenvalue weighted by atomic mass is 9.90. The lowest BCUT2D eigenvalue weighted by Crippen LogP contribution is -2.41. The molecule has 2 aromatic heterocycles. The van der Waals surface area contributed by atoms with Gasteiger partial charge in [0, 0.05) is 23.7 Å². The van der Waals surface area contributed by atoms with Crippen LogP contribution in [0, 0.1) is 5.92 Å². The Bertz CT molecular complexity index is 1320. The number of nitrogens with zero attached hydrogens (tertiary/aromatic N) is 4. The highest BCUT2D eigenvalue weighted by Crippen LogP contribution is 2.26. The highest BCUT2D eigenvalue weighted by molar-refractivity contribution is 6.30. The van der Waals surface area contributed by atoms with E-state index in [0.717, 1.165) is 19.3 Å². The molecule has 0 unspecified atom stereocenters. The Morgan fingerprint density at radius 1 is 1.06 bits per heavy atom. The number of carbonyl (C=O) groups is 1. The van der Waals surface area contributed by atoms with Gasteiger partial charge in [0.1, 0.15) is 24.0 Å². The predicted octanol–water partition coefficient (Wildman–Crippen LogP) is 4.19. The molecule has 0 aliphatic carbocycles. The Kier molecular flexibility index (Phi) is 5.96. The number of halogens is 1. The molecule has 1 fully saturated rings. The Morgan fingerprint density at radius 3 is 2.52 bits per heavy atom. The molecular formula is C25H23ClN4O3. The Labute approximate surface area is 195 Å². The fourth-order valence-corrected chi connectivity index (χ4v) is 4.50. The van der Waals surface area contributed by atoms with Gasteiger partial charge >= 0.3 is 0 Å². The van der Waals surface area contributed by atoms with E-state index in [-0.39, 0.29) is 29.1 Å². The van der Waals surface area contributed by atoms with Crippen LogP contribution in [0.2, 0.25) is 5.02 Å². The van der Waals surface area contributed by atoms with E-state index in [0.29, 0.717) is 35.3 Å². The summed E-state index contributed by atoms with van der Waals surface area (Å²) >= 11 is 5.96. The zero-order valence-corrected chi connectivity index (χ0v) is 18.7. The summed E-state index contributed by atoms with van der Waals surface area (Å²) in [5, 5.41) is 4.86. The van der Waals surface area contributed by atoms with Gasteiger partial charge < -0.3 is 9.42 Å². The van der Waals surface area contributed by atoms with Gasteiger partial charge in [0.2, 0.25) is 5.91 Å². The van der Waals surface area contributed by atoms with E-state index in [2.05, 4.69) is 34.4 Å². The maximum Gasteiger partial charge on any atom is 0.267 e. The van der Waals surface area contributed by atoms with E-state index in [1.54, 1.807) is 24.3 Å². The van der Waals surface area contributed by atoms with Crippen molar-refractivity contribution in [3.8, 4) is 11.3 Å². The van der Waals surface area contributed by atoms with Crippen LogP contribution in [0.3, 0.4) is 0 Å². The molecule has 2 aromatic carbocycles. The highest BCUT2D eigenvalue weighted by atomic mass is 35.5. The standard InChI is InChI=1S/C25H23ClN4O3/c26-20-8-6-19(7-9-20)23-22-24(33-28-23)27-16-30(25(22)32)15-21(31)29-12-10-18(11-13-29)14-17-4-2-1-3-5-17/h1-9,16,18H,10-15H2. The first-order valence-electron chi connectivity index (χ1n) is 11.0. The second-order valence-electron chi connectivity index (χ2n) is 8.41. The summed E-state index contributed by atoms with van der Waals surface area (Å²) in [4.78, 5) is 32.1. The zero-order valence-electron chi connectivity index (χ0n) is 18.0. The van der Waals surface area contributed by atoms with Gasteiger partial charge in [-0.2, -0.15) is 0 Å². The third-order valence-corrected chi connectivity index (χ3v) is 6.47. The summed E-state index contributed by atoms with van der Waals surface area (Å²) in [6.07, 6.45) is 4.30. The summed E-state index contributed by atoms with van der Waals surface area (Å²) in [6.45, 7) is 1.34. The van der Waals surface area contributed by atoms with Crippen LogP contribution in [0.15, 0.2) is 70.2 Å². The maximum atomic E-state index is 13.2. The molecule has 0 saturated carbocycles. The van der Waals surface area contributed by atoms with Crippen LogP contribution < -0.4 is 5.56 Å². The number of likely N-dealkylation sites (tertiary alicyclic amines) is 1. The van der Waals surface area contributed by atoms with Gasteiger partial charge in [0.05, 0.1) is 0 Å². The Balaban J connectivity index is 1.29. The van der Waals surface area contributed by atoms with Crippen LogP contribution >= 0.6 is 11.6 Å². The van der Waals surface area contributed by atoms with Gasteiger partial charge in [-0.1, -0.05) is 59.2 Å². The molecule has 0 radical (unpaired) electrons. The summed E-state index contributed by atoms with van der Waals surface area (Å²) in [6, 6.07) is 17.4. The Hall–Kier alpha value is -3.45. The number of fused-ring (bicyclic) bond motifs is 1. The molecule has 168 valence electrons. The van der Waals surface area contributed by atoms with Gasteiger partial charge in [-0.3, -0.25) is 14.2 Å². The fourth-order valence-electron chi connectivity index (χ4n) is 4.38. The van der Waals surface area contributed by atoms with E-state index >= 15 is 0 Å². The minimum atomic E-state index is -0.349. The van der Waals surface area contributed by atoms with Crippen LogP contribution in [0.4, 0.5) is 0 Å². The fraction of sp³-hybridized carbons (Fsp3) is 0.280. The number of benzene rings is 2. The molecule has 3 heterocycles. The first-order chi connectivity index (χ1) is 16.1. The highest BCUT2D eigenvalue weighted by Gasteiger charge is 2.24. The number of hydrogen-bond acceptors (Lipinski definition) is 5. The molecule has 8 heteroatoms. The zero-order chi connectivity index (χ0) is 22.8. The summed E-state index contributed by atoms with van der Waals surface area (Å²) in [7, 11) is 0. The SMILES string of the molecule is O=C(Cn1cnc2onc(-c3ccc(Cl)cc3)c2c1=O)N1CCC(Cc2ccccc2)CC1. The van der Waals surface area contributed by atoms with Crippen molar-refractivity contribution in [2.45, 2.75) is 25.8 Å². The van der Waals surface area contributed by atoms with Crippen LogP contribution in [-0.4, -0.2) is 38.6 Å². The molecule has 5 rings (SSSR count). The summed E-state index contributed by atoms with van der Waals surface area (Å²) in [5.74, 6) is 0.483. The van der Waals surface area contributed by atoms with Crippen molar-refractivity contribution in [3.63, 3.8) is 0 Å². The molecule has 1 saturated heterocycles. The lowest BCUT2D eigenvalue weighted by molar-refractivity contribution is -0.133. The monoisotopic (exact) mass is 462 g/mol. The van der Waals surface area contributed by atoms with Crippen molar-refractivity contribution < 1.29 is 9.32 Å². The topological polar surface area (TPSA) is 81.2 Å². The van der Waals surface area contributed by atoms with Crippen molar-refractivity contribution in [1.29, 1.82) is 0 Å². The number of rotatable bonds is 5. The quantitative estimate of drug-likeness (QED) is 0.444. The minimum absolute atomic E-state index is 0.0592. The van der Waals surface area contributed by atoms with Crippen LogP contribution in [0.25, 0.3) is 22.4 Å². The third kappa shape index (κ3) is 4.54. The first-order valence-corrected chi connectivity index (χ1v) is 11.4. The van der Waals surface area contributed by atoms with E-state index in [4.69, 9.17) is 16.1 Å². The van der Waals surface area contributed by atoms with Gasteiger partial charge in [0.15, 0.2) is 0 Å². The van der Waals surface area contributed by atoms with Crippen LogP contribution in [0.1, 0.15) is 18.4 Å². The lowest BCUT2D eigenvalue weighted by Gasteiger charge is -2.32. The normalized spacial score (nSPS) is 14.6. The van der Waals surface area contributed by atoms with E-state index in [1.807, 2.05) is 11.0 Å². The molecule has 0 spiro atoms. The number of piperidine rings is 1. The predicted molar refractivity (Wildman–Crippen MR) is 126 cm³/mol. The largest absolute Gasteiger partial charge is 0.341 e. The summed E-state index contributed by atoms with van der Waals surface area (Å²) in [5.41, 5.74) is 2.22. The van der Waals surface area contributed by atoms with Gasteiger partial charge in [-0.05, 0) is 42.9 Å². The third-order valence-electron chi connectivity index (χ3n) is 6.22.